The number of anilines is 1. The molecule has 0 radical (unpaired) electrons. The lowest BCUT2D eigenvalue weighted by molar-refractivity contribution is -0.384. The lowest BCUT2D eigenvalue weighted by Crippen LogP contribution is -2.24. The second-order valence-corrected chi connectivity index (χ2v) is 5.71. The van der Waals surface area contributed by atoms with Gasteiger partial charge in [0.15, 0.2) is 0 Å². The Hall–Kier alpha value is -2.53. The number of hydrogen-bond acceptors (Lipinski definition) is 7. The van der Waals surface area contributed by atoms with Crippen LogP contribution in [0.1, 0.15) is 5.82 Å². The number of H-pyrrole nitrogens is 1. The van der Waals surface area contributed by atoms with Crippen LogP contribution >= 0.6 is 0 Å². The Balaban J connectivity index is 2.25. The van der Waals surface area contributed by atoms with E-state index in [4.69, 9.17) is 0 Å². The molecule has 0 saturated carbocycles. The zero-order chi connectivity index (χ0) is 15.5. The fraction of sp³-hybridized carbons (Fsp3) is 0.200. The van der Waals surface area contributed by atoms with Crippen molar-refractivity contribution in [3.05, 3.63) is 40.5 Å². The molecule has 0 unspecified atom stereocenters. The van der Waals surface area contributed by atoms with Crippen molar-refractivity contribution in [1.29, 1.82) is 0 Å². The SMILES string of the molecule is CNc1cc(S(=O)(=O)NCc2ncn[nH]2)ccc1[N+](=O)[O-]. The second-order valence-electron chi connectivity index (χ2n) is 3.94. The van der Waals surface area contributed by atoms with Crippen molar-refractivity contribution in [2.75, 3.05) is 12.4 Å². The average molecular weight is 312 g/mol. The van der Waals surface area contributed by atoms with Crippen molar-refractivity contribution >= 4 is 21.4 Å². The normalized spacial score (nSPS) is 11.3. The summed E-state index contributed by atoms with van der Waals surface area (Å²) in [6.07, 6.45) is 1.26. The van der Waals surface area contributed by atoms with E-state index in [2.05, 4.69) is 25.2 Å². The highest BCUT2D eigenvalue weighted by molar-refractivity contribution is 7.89. The zero-order valence-corrected chi connectivity index (χ0v) is 11.7. The molecule has 112 valence electrons. The van der Waals surface area contributed by atoms with Gasteiger partial charge in [-0.1, -0.05) is 0 Å². The molecular formula is C10H12N6O4S. The average Bonchev–Trinajstić information content (AvgIpc) is 2.97. The molecule has 2 rings (SSSR count). The highest BCUT2D eigenvalue weighted by Gasteiger charge is 2.20. The van der Waals surface area contributed by atoms with Crippen LogP contribution in [0.25, 0.3) is 0 Å². The Morgan fingerprint density at radius 2 is 2.19 bits per heavy atom. The molecule has 11 heteroatoms. The molecule has 0 aliphatic carbocycles. The Kier molecular flexibility index (Phi) is 4.14. The third-order valence-corrected chi connectivity index (χ3v) is 4.04. The largest absolute Gasteiger partial charge is 0.383 e. The van der Waals surface area contributed by atoms with Crippen LogP contribution in [0, 0.1) is 10.1 Å². The van der Waals surface area contributed by atoms with Crippen molar-refractivity contribution in [2.45, 2.75) is 11.4 Å². The molecule has 21 heavy (non-hydrogen) atoms. The molecule has 2 aromatic rings. The second kappa shape index (κ2) is 5.85. The standard InChI is InChI=1S/C10H12N6O4S/c1-11-8-4-7(2-3-9(8)16(17)18)21(19,20)14-5-10-12-6-13-15-10/h2-4,6,11,14H,5H2,1H3,(H,12,13,15). The molecule has 0 amide bonds. The predicted octanol–water partition coefficient (Wildman–Crippen LogP) is 0.233. The Labute approximate surface area is 119 Å². The van der Waals surface area contributed by atoms with Gasteiger partial charge in [-0.05, 0) is 12.1 Å². The first-order valence-corrected chi connectivity index (χ1v) is 7.22. The minimum Gasteiger partial charge on any atom is -0.383 e. The van der Waals surface area contributed by atoms with E-state index in [1.807, 2.05) is 0 Å². The quantitative estimate of drug-likeness (QED) is 0.511. The lowest BCUT2D eigenvalue weighted by Gasteiger charge is -2.08. The molecule has 3 N–H and O–H groups in total. The number of hydrogen-bond donors (Lipinski definition) is 3. The van der Waals surface area contributed by atoms with Gasteiger partial charge in [-0.15, -0.1) is 0 Å². The minimum atomic E-state index is -3.81. The monoisotopic (exact) mass is 312 g/mol. The number of aromatic amines is 1. The molecule has 0 atom stereocenters. The molecule has 1 heterocycles. The topological polar surface area (TPSA) is 143 Å². The van der Waals surface area contributed by atoms with E-state index in [0.29, 0.717) is 5.82 Å². The number of benzene rings is 1. The number of sulfonamides is 1. The number of nitrogens with zero attached hydrogens (tertiary/aromatic N) is 3. The summed E-state index contributed by atoms with van der Waals surface area (Å²) in [7, 11) is -2.34. The van der Waals surface area contributed by atoms with E-state index in [0.717, 1.165) is 6.07 Å². The highest BCUT2D eigenvalue weighted by Crippen LogP contribution is 2.26. The first kappa shape index (κ1) is 14.9. The maximum Gasteiger partial charge on any atom is 0.292 e. The van der Waals surface area contributed by atoms with Crippen molar-refractivity contribution < 1.29 is 13.3 Å². The van der Waals surface area contributed by atoms with Crippen LogP contribution in [0.4, 0.5) is 11.4 Å². The summed E-state index contributed by atoms with van der Waals surface area (Å²) >= 11 is 0. The van der Waals surface area contributed by atoms with Crippen LogP contribution in [-0.2, 0) is 16.6 Å². The van der Waals surface area contributed by atoms with Crippen molar-refractivity contribution in [2.24, 2.45) is 0 Å². The van der Waals surface area contributed by atoms with Crippen LogP contribution in [0.5, 0.6) is 0 Å². The molecule has 10 nitrogen and oxygen atoms in total. The number of nitro groups is 1. The van der Waals surface area contributed by atoms with Crippen molar-refractivity contribution in [3.8, 4) is 0 Å². The smallest absolute Gasteiger partial charge is 0.292 e. The van der Waals surface area contributed by atoms with Gasteiger partial charge in [-0.3, -0.25) is 15.2 Å². The third kappa shape index (κ3) is 3.32. The van der Waals surface area contributed by atoms with Crippen molar-refractivity contribution in [3.63, 3.8) is 0 Å². The van der Waals surface area contributed by atoms with E-state index >= 15 is 0 Å². The van der Waals surface area contributed by atoms with E-state index in [1.54, 1.807) is 0 Å². The molecular weight excluding hydrogens is 300 g/mol. The number of nitrogens with one attached hydrogen (secondary N) is 3. The summed E-state index contributed by atoms with van der Waals surface area (Å²) in [5, 5.41) is 19.5. The summed E-state index contributed by atoms with van der Waals surface area (Å²) in [5.74, 6) is 0.356. The predicted molar refractivity (Wildman–Crippen MR) is 73.1 cm³/mol. The molecule has 0 spiro atoms. The Morgan fingerprint density at radius 3 is 2.76 bits per heavy atom. The Morgan fingerprint density at radius 1 is 1.43 bits per heavy atom. The van der Waals surface area contributed by atoms with Gasteiger partial charge in [0.05, 0.1) is 16.4 Å². The number of nitro benzene ring substituents is 1. The summed E-state index contributed by atoms with van der Waals surface area (Å²) in [5.41, 5.74) is -0.0887. The maximum absolute atomic E-state index is 12.1. The van der Waals surface area contributed by atoms with E-state index in [-0.39, 0.29) is 22.8 Å². The molecule has 1 aromatic carbocycles. The summed E-state index contributed by atoms with van der Waals surface area (Å²) in [6, 6.07) is 3.50. The van der Waals surface area contributed by atoms with Crippen LogP contribution in [0.3, 0.4) is 0 Å². The van der Waals surface area contributed by atoms with Gasteiger partial charge in [0.1, 0.15) is 17.8 Å². The van der Waals surface area contributed by atoms with Crippen LogP contribution < -0.4 is 10.0 Å². The summed E-state index contributed by atoms with van der Waals surface area (Å²) < 4.78 is 26.5. The van der Waals surface area contributed by atoms with Gasteiger partial charge >= 0.3 is 0 Å². The highest BCUT2D eigenvalue weighted by atomic mass is 32.2. The van der Waals surface area contributed by atoms with Gasteiger partial charge in [0.25, 0.3) is 5.69 Å². The first-order valence-electron chi connectivity index (χ1n) is 5.74. The number of rotatable bonds is 6. The molecule has 0 aliphatic heterocycles. The van der Waals surface area contributed by atoms with Gasteiger partial charge in [0.2, 0.25) is 10.0 Å². The van der Waals surface area contributed by atoms with Gasteiger partial charge in [0, 0.05) is 13.1 Å². The van der Waals surface area contributed by atoms with Crippen LogP contribution in [0.2, 0.25) is 0 Å². The lowest BCUT2D eigenvalue weighted by atomic mass is 10.3. The maximum atomic E-state index is 12.1. The third-order valence-electron chi connectivity index (χ3n) is 2.64. The zero-order valence-electron chi connectivity index (χ0n) is 10.9. The molecule has 0 fully saturated rings. The fourth-order valence-electron chi connectivity index (χ4n) is 1.60. The molecule has 0 aliphatic rings. The molecule has 0 bridgehead atoms. The number of aromatic nitrogens is 3. The van der Waals surface area contributed by atoms with E-state index in [9.17, 15) is 18.5 Å². The van der Waals surface area contributed by atoms with Gasteiger partial charge in [-0.2, -0.15) is 5.10 Å². The van der Waals surface area contributed by atoms with Gasteiger partial charge in [-0.25, -0.2) is 18.1 Å². The molecule has 0 saturated heterocycles. The van der Waals surface area contributed by atoms with E-state index in [1.165, 1.54) is 25.5 Å². The van der Waals surface area contributed by atoms with Crippen molar-refractivity contribution in [1.82, 2.24) is 19.9 Å². The van der Waals surface area contributed by atoms with Crippen LogP contribution in [-0.4, -0.2) is 35.6 Å². The summed E-state index contributed by atoms with van der Waals surface area (Å²) in [4.78, 5) is 13.9. The first-order chi connectivity index (χ1) is 9.94. The molecule has 1 aromatic heterocycles. The van der Waals surface area contributed by atoms with Gasteiger partial charge < -0.3 is 5.32 Å². The minimum absolute atomic E-state index is 0.0613. The van der Waals surface area contributed by atoms with E-state index < -0.39 is 14.9 Å². The Bertz CT molecular complexity index is 743. The summed E-state index contributed by atoms with van der Waals surface area (Å²) in [6.45, 7) is -0.0613. The van der Waals surface area contributed by atoms with Crippen LogP contribution in [0.15, 0.2) is 29.4 Å². The fourth-order valence-corrected chi connectivity index (χ4v) is 2.62.